The number of pyridine rings is 1. The highest BCUT2D eigenvalue weighted by Crippen LogP contribution is 2.75. The summed E-state index contributed by atoms with van der Waals surface area (Å²) in [6.07, 6.45) is 2.31. The molecular formula is C23H21Cl3FN3O4. The molecule has 0 spiro atoms. The van der Waals surface area contributed by atoms with Crippen LogP contribution in [0.5, 0.6) is 0 Å². The lowest BCUT2D eigenvalue weighted by atomic mass is 9.33. The first kappa shape index (κ1) is 24.7. The fourth-order valence-electron chi connectivity index (χ4n) is 5.22. The predicted molar refractivity (Wildman–Crippen MR) is 125 cm³/mol. The molecule has 2 aromatic rings. The maximum atomic E-state index is 14.4. The van der Waals surface area contributed by atoms with Crippen LogP contribution in [0.1, 0.15) is 24.8 Å². The van der Waals surface area contributed by atoms with Gasteiger partial charge < -0.3 is 15.0 Å². The smallest absolute Gasteiger partial charge is 0.311 e. The Bertz CT molecular complexity index is 1130. The molecule has 7 nitrogen and oxygen atoms in total. The molecule has 1 atom stereocenters. The number of hydrogen-bond acceptors (Lipinski definition) is 5. The molecule has 3 saturated carbocycles. The minimum atomic E-state index is -1.02. The van der Waals surface area contributed by atoms with Crippen LogP contribution >= 0.6 is 34.8 Å². The number of amides is 2. The number of halogens is 4. The number of methoxy groups -OCH3 is 1. The van der Waals surface area contributed by atoms with Gasteiger partial charge in [-0.3, -0.25) is 14.4 Å². The zero-order valence-electron chi connectivity index (χ0n) is 18.1. The minimum Gasteiger partial charge on any atom is -0.469 e. The third kappa shape index (κ3) is 4.34. The monoisotopic (exact) mass is 527 g/mol. The number of carbonyl (C=O) groups excluding carboxylic acids is 3. The Labute approximate surface area is 210 Å². The van der Waals surface area contributed by atoms with Crippen LogP contribution in [0.4, 0.5) is 10.2 Å². The number of alkyl halides is 1. The molecule has 1 aromatic carbocycles. The molecular weight excluding hydrogens is 508 g/mol. The zero-order valence-corrected chi connectivity index (χ0v) is 20.4. The van der Waals surface area contributed by atoms with Gasteiger partial charge in [-0.1, -0.05) is 35.3 Å². The van der Waals surface area contributed by atoms with Gasteiger partial charge in [-0.25, -0.2) is 9.37 Å². The van der Waals surface area contributed by atoms with Gasteiger partial charge in [0.05, 0.1) is 17.5 Å². The molecule has 3 aliphatic rings. The maximum Gasteiger partial charge on any atom is 0.311 e. The molecule has 1 unspecified atom stereocenters. The number of esters is 1. The summed E-state index contributed by atoms with van der Waals surface area (Å²) < 4.78 is 19.3. The van der Waals surface area contributed by atoms with E-state index < -0.39 is 34.5 Å². The lowest BCUT2D eigenvalue weighted by Gasteiger charge is -2.71. The normalized spacial score (nSPS) is 23.2. The van der Waals surface area contributed by atoms with Crippen molar-refractivity contribution in [1.29, 1.82) is 0 Å². The summed E-state index contributed by atoms with van der Waals surface area (Å²) in [5.74, 6) is -2.91. The van der Waals surface area contributed by atoms with E-state index in [1.54, 1.807) is 24.3 Å². The van der Waals surface area contributed by atoms with E-state index in [4.69, 9.17) is 39.5 Å². The summed E-state index contributed by atoms with van der Waals surface area (Å²) in [7, 11) is 1.32. The molecule has 0 radical (unpaired) electrons. The number of nitrogens with zero attached hydrogens (tertiary/aromatic N) is 2. The van der Waals surface area contributed by atoms with Crippen molar-refractivity contribution in [1.82, 2.24) is 9.88 Å². The Morgan fingerprint density at radius 2 is 1.82 bits per heavy atom. The highest BCUT2D eigenvalue weighted by molar-refractivity contribution is 6.30. The van der Waals surface area contributed by atoms with Crippen molar-refractivity contribution in [3.05, 3.63) is 58.0 Å². The van der Waals surface area contributed by atoms with E-state index in [0.29, 0.717) is 24.3 Å². The molecule has 3 aliphatic carbocycles. The van der Waals surface area contributed by atoms with E-state index in [9.17, 15) is 18.8 Å². The molecule has 0 aliphatic heterocycles. The molecule has 1 heterocycles. The third-order valence-corrected chi connectivity index (χ3v) is 7.27. The number of hydrogen-bond donors (Lipinski definition) is 1. The quantitative estimate of drug-likeness (QED) is 0.404. The van der Waals surface area contributed by atoms with Crippen molar-refractivity contribution in [2.75, 3.05) is 18.3 Å². The number of anilines is 1. The van der Waals surface area contributed by atoms with Gasteiger partial charge in [0.2, 0.25) is 11.8 Å². The van der Waals surface area contributed by atoms with Crippen LogP contribution in [0, 0.1) is 16.6 Å². The van der Waals surface area contributed by atoms with Gasteiger partial charge in [0, 0.05) is 23.2 Å². The second kappa shape index (κ2) is 9.32. The summed E-state index contributed by atoms with van der Waals surface area (Å²) in [4.78, 5) is 44.0. The lowest BCUT2D eigenvalue weighted by Crippen LogP contribution is -2.75. The number of carbonyl (C=O) groups is 3. The second-order valence-corrected chi connectivity index (χ2v) is 9.96. The molecule has 180 valence electrons. The SMILES string of the molecule is COC(=O)C12CC(C(C(=O)Nc3ncc(Cl)cc3F)N(Cc3ccc(Cl)cc3)C(=O)CCl)(C1)C2. The Kier molecular flexibility index (Phi) is 6.77. The van der Waals surface area contributed by atoms with Crippen molar-refractivity contribution in [2.24, 2.45) is 10.8 Å². The van der Waals surface area contributed by atoms with Crippen molar-refractivity contribution in [3.8, 4) is 0 Å². The van der Waals surface area contributed by atoms with Crippen molar-refractivity contribution in [3.63, 3.8) is 0 Å². The average molecular weight is 529 g/mol. The Morgan fingerprint density at radius 3 is 2.38 bits per heavy atom. The van der Waals surface area contributed by atoms with Gasteiger partial charge in [0.25, 0.3) is 0 Å². The first-order chi connectivity index (χ1) is 16.1. The fraction of sp³-hybridized carbons (Fsp3) is 0.391. The van der Waals surface area contributed by atoms with Crippen LogP contribution in [0.15, 0.2) is 36.5 Å². The van der Waals surface area contributed by atoms with Crippen LogP contribution in [0.2, 0.25) is 10.0 Å². The Morgan fingerprint density at radius 1 is 1.18 bits per heavy atom. The standard InChI is InChI=1S/C23H21Cl3FN3O4/c1-34-21(33)23-10-22(11-23,12-23)18(20(32)29-19-16(27)6-15(26)8-28-19)30(17(31)7-24)9-13-2-4-14(25)5-3-13/h2-6,8,18H,7,9-12H2,1H3,(H,28,29,32). The predicted octanol–water partition coefficient (Wildman–Crippen LogP) is 4.45. The van der Waals surface area contributed by atoms with E-state index in [2.05, 4.69) is 10.3 Å². The van der Waals surface area contributed by atoms with Crippen LogP contribution in [0.3, 0.4) is 0 Å². The van der Waals surface area contributed by atoms with E-state index >= 15 is 0 Å². The van der Waals surface area contributed by atoms with Gasteiger partial charge in [-0.05, 0) is 43.0 Å². The van der Waals surface area contributed by atoms with Crippen LogP contribution in [-0.4, -0.2) is 46.7 Å². The average Bonchev–Trinajstić information content (AvgIpc) is 2.76. The van der Waals surface area contributed by atoms with E-state index in [0.717, 1.165) is 11.6 Å². The highest BCUT2D eigenvalue weighted by Gasteiger charge is 2.76. The topological polar surface area (TPSA) is 88.6 Å². The Hall–Kier alpha value is -2.42. The van der Waals surface area contributed by atoms with Gasteiger partial charge >= 0.3 is 5.97 Å². The molecule has 11 heteroatoms. The first-order valence-electron chi connectivity index (χ1n) is 10.4. The summed E-state index contributed by atoms with van der Waals surface area (Å²) in [5, 5.41) is 3.09. The summed E-state index contributed by atoms with van der Waals surface area (Å²) in [6.45, 7) is 0.0737. The lowest BCUT2D eigenvalue weighted by molar-refractivity contribution is -0.244. The largest absolute Gasteiger partial charge is 0.469 e. The molecule has 2 amide bonds. The van der Waals surface area contributed by atoms with Crippen molar-refractivity contribution in [2.45, 2.75) is 31.8 Å². The fourth-order valence-corrected chi connectivity index (χ4v) is 5.64. The molecule has 2 bridgehead atoms. The van der Waals surface area contributed by atoms with Gasteiger partial charge in [-0.2, -0.15) is 0 Å². The molecule has 1 aromatic heterocycles. The Balaban J connectivity index is 1.67. The molecule has 5 rings (SSSR count). The first-order valence-corrected chi connectivity index (χ1v) is 11.7. The summed E-state index contributed by atoms with van der Waals surface area (Å²) in [6, 6.07) is 6.85. The second-order valence-electron chi connectivity index (χ2n) is 8.82. The molecule has 34 heavy (non-hydrogen) atoms. The third-order valence-electron chi connectivity index (χ3n) is 6.58. The highest BCUT2D eigenvalue weighted by atomic mass is 35.5. The molecule has 3 fully saturated rings. The number of nitrogens with one attached hydrogen (secondary N) is 1. The van der Waals surface area contributed by atoms with E-state index in [1.165, 1.54) is 18.2 Å². The zero-order chi connectivity index (χ0) is 24.7. The summed E-state index contributed by atoms with van der Waals surface area (Å²) >= 11 is 17.6. The number of benzene rings is 1. The molecule has 0 saturated heterocycles. The van der Waals surface area contributed by atoms with Gasteiger partial charge in [0.15, 0.2) is 11.6 Å². The van der Waals surface area contributed by atoms with E-state index in [-0.39, 0.29) is 29.2 Å². The van der Waals surface area contributed by atoms with Crippen LogP contribution < -0.4 is 5.32 Å². The van der Waals surface area contributed by atoms with E-state index in [1.807, 2.05) is 0 Å². The number of aromatic nitrogens is 1. The van der Waals surface area contributed by atoms with Crippen LogP contribution in [0.25, 0.3) is 0 Å². The van der Waals surface area contributed by atoms with Crippen molar-refractivity contribution < 1.29 is 23.5 Å². The summed E-state index contributed by atoms with van der Waals surface area (Å²) in [5.41, 5.74) is -0.603. The van der Waals surface area contributed by atoms with Crippen molar-refractivity contribution >= 4 is 58.4 Å². The number of rotatable bonds is 8. The number of ether oxygens (including phenoxy) is 1. The van der Waals surface area contributed by atoms with Gasteiger partial charge in [0.1, 0.15) is 11.9 Å². The molecule has 1 N–H and O–H groups in total. The van der Waals surface area contributed by atoms with Crippen LogP contribution in [-0.2, 0) is 25.7 Å². The van der Waals surface area contributed by atoms with Gasteiger partial charge in [-0.15, -0.1) is 11.6 Å². The maximum absolute atomic E-state index is 14.4. The minimum absolute atomic E-state index is 0.0737.